The summed E-state index contributed by atoms with van der Waals surface area (Å²) in [6.45, 7) is 0. The van der Waals surface area contributed by atoms with E-state index in [-0.39, 0.29) is 17.0 Å². The Bertz CT molecular complexity index is 879. The van der Waals surface area contributed by atoms with Crippen LogP contribution in [0.3, 0.4) is 0 Å². The summed E-state index contributed by atoms with van der Waals surface area (Å²) in [6.07, 6.45) is 1.44. The van der Waals surface area contributed by atoms with E-state index in [0.29, 0.717) is 16.5 Å². The number of aromatic nitrogens is 3. The molecule has 0 aliphatic heterocycles. The number of halogens is 3. The van der Waals surface area contributed by atoms with Gasteiger partial charge >= 0.3 is 0 Å². The Morgan fingerprint density at radius 3 is 2.70 bits per heavy atom. The van der Waals surface area contributed by atoms with Crippen LogP contribution in [-0.4, -0.2) is 20.5 Å². The van der Waals surface area contributed by atoms with E-state index in [2.05, 4.69) is 10.2 Å². The van der Waals surface area contributed by atoms with E-state index in [0.717, 1.165) is 0 Å². The molecule has 0 bridgehead atoms. The smallest absolute Gasteiger partial charge is 0.198 e. The molecule has 0 spiro atoms. The van der Waals surface area contributed by atoms with E-state index >= 15 is 0 Å². The number of hydrogen-bond acceptors (Lipinski definition) is 3. The Morgan fingerprint density at radius 1 is 1.17 bits per heavy atom. The summed E-state index contributed by atoms with van der Waals surface area (Å²) in [4.78, 5) is 12.7. The fourth-order valence-electron chi connectivity index (χ4n) is 2.24. The lowest BCUT2D eigenvalue weighted by Crippen LogP contribution is -2.10. The van der Waals surface area contributed by atoms with Gasteiger partial charge in [-0.05, 0) is 30.3 Å². The van der Waals surface area contributed by atoms with Crippen LogP contribution in [0.2, 0.25) is 5.02 Å². The maximum absolute atomic E-state index is 13.9. The molecule has 0 saturated carbocycles. The number of ketones is 1. The van der Waals surface area contributed by atoms with Gasteiger partial charge in [-0.1, -0.05) is 23.7 Å². The zero-order chi connectivity index (χ0) is 16.4. The van der Waals surface area contributed by atoms with Crippen molar-refractivity contribution in [3.05, 3.63) is 76.6 Å². The molecule has 3 rings (SSSR count). The molecule has 0 unspecified atom stereocenters. The first-order valence-electron chi connectivity index (χ1n) is 6.66. The average Bonchev–Trinajstić information content (AvgIpc) is 3.03. The van der Waals surface area contributed by atoms with Gasteiger partial charge < -0.3 is 0 Å². The molecule has 0 saturated heterocycles. The summed E-state index contributed by atoms with van der Waals surface area (Å²) >= 11 is 11.8. The number of alkyl halides is 1. The topological polar surface area (TPSA) is 47.8 Å². The minimum atomic E-state index is -0.593. The van der Waals surface area contributed by atoms with Crippen molar-refractivity contribution in [2.45, 2.75) is 5.88 Å². The van der Waals surface area contributed by atoms with Crippen LogP contribution < -0.4 is 0 Å². The van der Waals surface area contributed by atoms with Crippen LogP contribution in [-0.2, 0) is 5.88 Å². The SMILES string of the molecule is O=C(c1ccccc1F)c1cc(Cl)ccc1-n1cnnc1CCl. The first-order chi connectivity index (χ1) is 11.1. The number of carbonyl (C=O) groups is 1. The highest BCUT2D eigenvalue weighted by molar-refractivity contribution is 6.31. The van der Waals surface area contributed by atoms with Crippen LogP contribution in [0.25, 0.3) is 5.69 Å². The number of carbonyl (C=O) groups excluding carboxylic acids is 1. The van der Waals surface area contributed by atoms with Gasteiger partial charge in [-0.25, -0.2) is 4.39 Å². The lowest BCUT2D eigenvalue weighted by atomic mass is 10.0. The van der Waals surface area contributed by atoms with Gasteiger partial charge in [-0.15, -0.1) is 21.8 Å². The molecule has 0 amide bonds. The van der Waals surface area contributed by atoms with Crippen molar-refractivity contribution < 1.29 is 9.18 Å². The second-order valence-electron chi connectivity index (χ2n) is 4.72. The third kappa shape index (κ3) is 2.98. The fourth-order valence-corrected chi connectivity index (χ4v) is 2.60. The van der Waals surface area contributed by atoms with Crippen molar-refractivity contribution in [2.24, 2.45) is 0 Å². The first kappa shape index (κ1) is 15.6. The minimum absolute atomic E-state index is 0.0310. The molecule has 0 atom stereocenters. The van der Waals surface area contributed by atoms with E-state index in [1.165, 1.54) is 30.6 Å². The number of benzene rings is 2. The van der Waals surface area contributed by atoms with Crippen LogP contribution in [0, 0.1) is 5.82 Å². The maximum Gasteiger partial charge on any atom is 0.198 e. The summed E-state index contributed by atoms with van der Waals surface area (Å²) in [5.41, 5.74) is 0.702. The highest BCUT2D eigenvalue weighted by atomic mass is 35.5. The van der Waals surface area contributed by atoms with E-state index in [1.807, 2.05) is 0 Å². The largest absolute Gasteiger partial charge is 0.288 e. The van der Waals surface area contributed by atoms with Gasteiger partial charge in [0.2, 0.25) is 0 Å². The van der Waals surface area contributed by atoms with Crippen LogP contribution in [0.15, 0.2) is 48.8 Å². The third-order valence-corrected chi connectivity index (χ3v) is 3.79. The summed E-state index contributed by atoms with van der Waals surface area (Å²) < 4.78 is 15.5. The molecule has 3 aromatic rings. The quantitative estimate of drug-likeness (QED) is 0.527. The Balaban J connectivity index is 2.18. The Morgan fingerprint density at radius 2 is 1.96 bits per heavy atom. The number of hydrogen-bond donors (Lipinski definition) is 0. The second-order valence-corrected chi connectivity index (χ2v) is 5.42. The van der Waals surface area contributed by atoms with Crippen molar-refractivity contribution in [3.8, 4) is 5.69 Å². The lowest BCUT2D eigenvalue weighted by Gasteiger charge is -2.12. The molecular weight excluding hydrogens is 340 g/mol. The predicted octanol–water partition coefficient (Wildman–Crippen LogP) is 4.03. The summed E-state index contributed by atoms with van der Waals surface area (Å²) in [5, 5.41) is 8.05. The van der Waals surface area contributed by atoms with Crippen molar-refractivity contribution >= 4 is 29.0 Å². The van der Waals surface area contributed by atoms with Gasteiger partial charge in [0.25, 0.3) is 0 Å². The van der Waals surface area contributed by atoms with Gasteiger partial charge in [-0.2, -0.15) is 0 Å². The molecule has 0 aliphatic rings. The van der Waals surface area contributed by atoms with Crippen molar-refractivity contribution in [1.29, 1.82) is 0 Å². The summed E-state index contributed by atoms with van der Waals surface area (Å²) in [7, 11) is 0. The van der Waals surface area contributed by atoms with E-state index < -0.39 is 11.6 Å². The molecule has 0 fully saturated rings. The highest BCUT2D eigenvalue weighted by Crippen LogP contribution is 2.24. The molecule has 2 aromatic carbocycles. The Hall–Kier alpha value is -2.24. The lowest BCUT2D eigenvalue weighted by molar-refractivity contribution is 0.103. The molecule has 4 nitrogen and oxygen atoms in total. The Kier molecular flexibility index (Phi) is 4.41. The Labute approximate surface area is 141 Å². The van der Waals surface area contributed by atoms with Gasteiger partial charge in [0.05, 0.1) is 17.1 Å². The standard InChI is InChI=1S/C16H10Cl2FN3O/c17-8-15-21-20-9-22(15)14-6-5-10(18)7-12(14)16(23)11-3-1-2-4-13(11)19/h1-7,9H,8H2. The molecular formula is C16H10Cl2FN3O. The van der Waals surface area contributed by atoms with Gasteiger partial charge in [0.1, 0.15) is 12.1 Å². The molecule has 0 aliphatic carbocycles. The van der Waals surface area contributed by atoms with E-state index in [9.17, 15) is 9.18 Å². The number of rotatable bonds is 4. The van der Waals surface area contributed by atoms with Crippen molar-refractivity contribution in [2.75, 3.05) is 0 Å². The summed E-state index contributed by atoms with van der Waals surface area (Å²) in [6, 6.07) is 10.6. The molecule has 7 heteroatoms. The monoisotopic (exact) mass is 349 g/mol. The molecule has 0 radical (unpaired) electrons. The second kappa shape index (κ2) is 6.48. The van der Waals surface area contributed by atoms with Gasteiger partial charge in [0, 0.05) is 10.6 Å². The highest BCUT2D eigenvalue weighted by Gasteiger charge is 2.20. The third-order valence-electron chi connectivity index (χ3n) is 3.32. The van der Waals surface area contributed by atoms with E-state index in [4.69, 9.17) is 23.2 Å². The summed E-state index contributed by atoms with van der Waals surface area (Å²) in [5.74, 6) is -0.480. The van der Waals surface area contributed by atoms with Gasteiger partial charge in [-0.3, -0.25) is 9.36 Å². The van der Waals surface area contributed by atoms with Crippen molar-refractivity contribution in [1.82, 2.24) is 14.8 Å². The van der Waals surface area contributed by atoms with E-state index in [1.54, 1.807) is 22.8 Å². The van der Waals surface area contributed by atoms with Crippen LogP contribution >= 0.6 is 23.2 Å². The average molecular weight is 350 g/mol. The first-order valence-corrected chi connectivity index (χ1v) is 7.57. The van der Waals surface area contributed by atoms with Crippen LogP contribution in [0.4, 0.5) is 4.39 Å². The minimum Gasteiger partial charge on any atom is -0.288 e. The molecule has 1 heterocycles. The zero-order valence-corrected chi connectivity index (χ0v) is 13.2. The van der Waals surface area contributed by atoms with Gasteiger partial charge in [0.15, 0.2) is 11.6 Å². The van der Waals surface area contributed by atoms with Crippen molar-refractivity contribution in [3.63, 3.8) is 0 Å². The van der Waals surface area contributed by atoms with Crippen LogP contribution in [0.5, 0.6) is 0 Å². The normalized spacial score (nSPS) is 10.7. The number of nitrogens with zero attached hydrogens (tertiary/aromatic N) is 3. The maximum atomic E-state index is 13.9. The molecule has 0 N–H and O–H groups in total. The molecule has 116 valence electrons. The molecule has 1 aromatic heterocycles. The fraction of sp³-hybridized carbons (Fsp3) is 0.0625. The molecule has 23 heavy (non-hydrogen) atoms. The zero-order valence-electron chi connectivity index (χ0n) is 11.7. The predicted molar refractivity (Wildman–Crippen MR) is 85.8 cm³/mol. The van der Waals surface area contributed by atoms with Crippen LogP contribution in [0.1, 0.15) is 21.7 Å².